The molecule has 2 aliphatic heterocycles. The van der Waals surface area contributed by atoms with Gasteiger partial charge in [0.05, 0.1) is 64.4 Å². The van der Waals surface area contributed by atoms with Gasteiger partial charge in [-0.1, -0.05) is 17.7 Å². The van der Waals surface area contributed by atoms with Gasteiger partial charge in [-0.2, -0.15) is 20.5 Å². The summed E-state index contributed by atoms with van der Waals surface area (Å²) in [4.78, 5) is 64.7. The van der Waals surface area contributed by atoms with E-state index in [-0.39, 0.29) is 41.5 Å². The van der Waals surface area contributed by atoms with Crippen LogP contribution in [0.4, 0.5) is 45.5 Å². The van der Waals surface area contributed by atoms with E-state index in [1.165, 1.54) is 15.9 Å². The van der Waals surface area contributed by atoms with Crippen LogP contribution in [0, 0.1) is 29.6 Å². The van der Waals surface area contributed by atoms with Gasteiger partial charge in [0.2, 0.25) is 23.6 Å². The van der Waals surface area contributed by atoms with Crippen molar-refractivity contribution >= 4 is 69.1 Å². The van der Waals surface area contributed by atoms with Gasteiger partial charge in [0, 0.05) is 45.5 Å². The van der Waals surface area contributed by atoms with Crippen molar-refractivity contribution in [2.75, 3.05) is 54.4 Å². The quantitative estimate of drug-likeness (QED) is 0.0781. The van der Waals surface area contributed by atoms with Crippen molar-refractivity contribution in [3.05, 3.63) is 132 Å². The predicted molar refractivity (Wildman–Crippen MR) is 245 cm³/mol. The van der Waals surface area contributed by atoms with Crippen LogP contribution in [0.3, 0.4) is 0 Å². The van der Waals surface area contributed by atoms with E-state index < -0.39 is 35.5 Å². The molecule has 0 bridgehead atoms. The number of imide groups is 2. The van der Waals surface area contributed by atoms with E-state index in [9.17, 15) is 24.3 Å². The number of benzene rings is 5. The van der Waals surface area contributed by atoms with E-state index in [4.69, 9.17) is 4.74 Å². The minimum atomic E-state index is -0.800. The molecular formula is C50H48N8O6. The van der Waals surface area contributed by atoms with Crippen LogP contribution in [-0.4, -0.2) is 63.5 Å². The van der Waals surface area contributed by atoms with Crippen molar-refractivity contribution in [1.82, 2.24) is 0 Å². The first kappa shape index (κ1) is 41.9. The maximum atomic E-state index is 14.7. The van der Waals surface area contributed by atoms with Crippen LogP contribution in [0.2, 0.25) is 0 Å². The number of carbonyl (C=O) groups excluding carboxylic acids is 4. The number of phenols is 1. The predicted octanol–water partition coefficient (Wildman–Crippen LogP) is 9.80. The van der Waals surface area contributed by atoms with Crippen LogP contribution in [-0.2, 0) is 19.2 Å². The van der Waals surface area contributed by atoms with Crippen molar-refractivity contribution in [1.29, 1.82) is 0 Å². The second kappa shape index (κ2) is 17.0. The molecule has 5 aromatic carbocycles. The minimum Gasteiger partial charge on any atom is -0.504 e. The summed E-state index contributed by atoms with van der Waals surface area (Å²) < 4.78 is 5.78. The van der Waals surface area contributed by atoms with Crippen LogP contribution in [0.25, 0.3) is 0 Å². The molecule has 64 heavy (non-hydrogen) atoms. The third kappa shape index (κ3) is 7.58. The van der Waals surface area contributed by atoms with Crippen molar-refractivity contribution in [2.24, 2.45) is 50.0 Å². The number of azo groups is 2. The topological polar surface area (TPSA) is 160 Å². The minimum absolute atomic E-state index is 0.0520. The number of rotatable bonds is 11. The molecule has 4 aliphatic rings. The number of nitrogens with zero attached hydrogens (tertiary/aromatic N) is 8. The third-order valence-corrected chi connectivity index (χ3v) is 12.8. The Balaban J connectivity index is 0.998. The fraction of sp³-hybridized carbons (Fsp3) is 0.280. The van der Waals surface area contributed by atoms with E-state index in [2.05, 4.69) is 20.5 Å². The SMILES string of the molecule is CCOc1cc([C@H]2C3=CC[C@@H]4C(=O)N(c5ccc(N=Nc6ccc(N(C)C)cc6)cc5)C(=O)[C@@H]4[C@@H]3C[C@H]3C(=O)N(c4ccc(N=Nc5ccc(N(C)C)cc5)cc4)C(=O)[C@@H]23)ccc1O. The van der Waals surface area contributed by atoms with Crippen molar-refractivity contribution in [2.45, 2.75) is 25.7 Å². The summed E-state index contributed by atoms with van der Waals surface area (Å²) in [5.74, 6) is -5.28. The Kier molecular flexibility index (Phi) is 11.1. The maximum Gasteiger partial charge on any atom is 0.238 e. The van der Waals surface area contributed by atoms with Gasteiger partial charge in [-0.15, -0.1) is 0 Å². The number of anilines is 4. The molecule has 4 amide bonds. The Morgan fingerprint density at radius 3 is 1.50 bits per heavy atom. The van der Waals surface area contributed by atoms with Gasteiger partial charge >= 0.3 is 0 Å². The second-order valence-corrected chi connectivity index (χ2v) is 17.0. The van der Waals surface area contributed by atoms with E-state index in [1.54, 1.807) is 60.7 Å². The lowest BCUT2D eigenvalue weighted by molar-refractivity contribution is -0.126. The number of hydrogen-bond acceptors (Lipinski definition) is 12. The van der Waals surface area contributed by atoms with E-state index in [0.717, 1.165) is 16.9 Å². The molecule has 2 aliphatic carbocycles. The van der Waals surface area contributed by atoms with Crippen molar-refractivity contribution in [3.8, 4) is 11.5 Å². The zero-order valence-electron chi connectivity index (χ0n) is 36.2. The summed E-state index contributed by atoms with van der Waals surface area (Å²) in [5.41, 5.74) is 6.89. The number of amides is 4. The number of hydrogen-bond donors (Lipinski definition) is 1. The zero-order chi connectivity index (χ0) is 44.8. The van der Waals surface area contributed by atoms with Crippen LogP contribution < -0.4 is 24.3 Å². The van der Waals surface area contributed by atoms with E-state index >= 15 is 0 Å². The highest BCUT2D eigenvalue weighted by Crippen LogP contribution is 2.59. The fourth-order valence-corrected chi connectivity index (χ4v) is 9.67. The van der Waals surface area contributed by atoms with Gasteiger partial charge in [0.15, 0.2) is 11.5 Å². The zero-order valence-corrected chi connectivity index (χ0v) is 36.2. The molecule has 2 heterocycles. The highest BCUT2D eigenvalue weighted by Gasteiger charge is 2.62. The average molecular weight is 857 g/mol. The molecule has 0 radical (unpaired) electrons. The van der Waals surface area contributed by atoms with E-state index in [0.29, 0.717) is 52.7 Å². The van der Waals surface area contributed by atoms with Gasteiger partial charge in [-0.25, -0.2) is 0 Å². The molecule has 0 unspecified atom stereocenters. The van der Waals surface area contributed by atoms with Crippen LogP contribution >= 0.6 is 0 Å². The van der Waals surface area contributed by atoms with Crippen LogP contribution in [0.1, 0.15) is 31.2 Å². The number of phenolic OH excluding ortho intramolecular Hbond substituents is 1. The molecule has 9 rings (SSSR count). The summed E-state index contributed by atoms with van der Waals surface area (Å²) in [7, 11) is 7.86. The summed E-state index contributed by atoms with van der Waals surface area (Å²) in [6.45, 7) is 2.11. The molecule has 5 aromatic rings. The molecule has 14 heteroatoms. The Bertz CT molecular complexity index is 2710. The largest absolute Gasteiger partial charge is 0.504 e. The van der Waals surface area contributed by atoms with Crippen molar-refractivity contribution in [3.63, 3.8) is 0 Å². The number of carbonyl (C=O) groups is 4. The normalized spacial score (nSPS) is 22.8. The van der Waals surface area contributed by atoms with Gasteiger partial charge < -0.3 is 19.6 Å². The Hall–Kier alpha value is -7.48. The lowest BCUT2D eigenvalue weighted by Crippen LogP contribution is -2.43. The molecule has 2 saturated heterocycles. The summed E-state index contributed by atoms with van der Waals surface area (Å²) in [5, 5.41) is 28.1. The molecule has 0 aromatic heterocycles. The van der Waals surface area contributed by atoms with Crippen molar-refractivity contribution < 1.29 is 29.0 Å². The Morgan fingerprint density at radius 2 is 1.03 bits per heavy atom. The number of aromatic hydroxyl groups is 1. The lowest BCUT2D eigenvalue weighted by Gasteiger charge is -2.44. The first-order chi connectivity index (χ1) is 30.9. The lowest BCUT2D eigenvalue weighted by atomic mass is 9.57. The molecule has 0 spiro atoms. The third-order valence-electron chi connectivity index (χ3n) is 12.8. The van der Waals surface area contributed by atoms with Gasteiger partial charge in [-0.3, -0.25) is 29.0 Å². The fourth-order valence-electron chi connectivity index (χ4n) is 9.67. The molecular weight excluding hydrogens is 809 g/mol. The standard InChI is InChI=1S/C50H48N8O6/c1-6-64-43-27-29(7-26-42(43)59)44-38-24-25-39-45(49(62)57(47(39)60)36-20-12-32(13-21-36)53-51-30-8-16-34(17-9-30)55(2)3)40(38)28-41-46(44)50(63)58(48(41)61)37-22-14-33(15-23-37)54-52-31-10-18-35(19-11-31)56(4)5/h7-24,26-27,39-41,44-46,59H,6,25,28H2,1-5H3/t39-,40+,41+,44-,45-,46+/m0/s1. The second-order valence-electron chi connectivity index (χ2n) is 17.0. The molecule has 3 fully saturated rings. The highest BCUT2D eigenvalue weighted by molar-refractivity contribution is 6.24. The number of allylic oxidation sites excluding steroid dienone is 2. The molecule has 1 saturated carbocycles. The molecule has 6 atom stereocenters. The summed E-state index contributed by atoms with van der Waals surface area (Å²) in [6.07, 6.45) is 2.51. The van der Waals surface area contributed by atoms with Gasteiger partial charge in [0.25, 0.3) is 0 Å². The number of ether oxygens (including phenoxy) is 1. The van der Waals surface area contributed by atoms with E-state index in [1.807, 2.05) is 99.5 Å². The Labute approximate surface area is 371 Å². The van der Waals surface area contributed by atoms with Crippen LogP contribution in [0.15, 0.2) is 147 Å². The summed E-state index contributed by atoms with van der Waals surface area (Å²) in [6, 6.07) is 34.0. The smallest absolute Gasteiger partial charge is 0.238 e. The first-order valence-electron chi connectivity index (χ1n) is 21.4. The Morgan fingerprint density at radius 1 is 0.578 bits per heavy atom. The molecule has 14 nitrogen and oxygen atoms in total. The number of fused-ring (bicyclic) bond motifs is 4. The monoisotopic (exact) mass is 856 g/mol. The maximum absolute atomic E-state index is 14.7. The average Bonchev–Trinajstić information content (AvgIpc) is 3.71. The molecule has 324 valence electrons. The summed E-state index contributed by atoms with van der Waals surface area (Å²) >= 11 is 0. The first-order valence-corrected chi connectivity index (χ1v) is 21.4. The van der Waals surface area contributed by atoms with Gasteiger partial charge in [0.1, 0.15) is 0 Å². The highest BCUT2D eigenvalue weighted by atomic mass is 16.5. The van der Waals surface area contributed by atoms with Crippen LogP contribution in [0.5, 0.6) is 11.5 Å². The van der Waals surface area contributed by atoms with Gasteiger partial charge in [-0.05, 0) is 140 Å². The molecule has 1 N–H and O–H groups in total.